The van der Waals surface area contributed by atoms with Crippen LogP contribution >= 0.6 is 0 Å². The first-order chi connectivity index (χ1) is 13.2. The van der Waals surface area contributed by atoms with Crippen molar-refractivity contribution >= 4 is 22.7 Å². The molecular formula is C23H35N3O2. The van der Waals surface area contributed by atoms with Crippen LogP contribution in [0.2, 0.25) is 0 Å². The number of anilines is 1. The summed E-state index contributed by atoms with van der Waals surface area (Å²) in [5.74, 6) is 0.483. The quantitative estimate of drug-likeness (QED) is 0.761. The molecule has 0 saturated carbocycles. The van der Waals surface area contributed by atoms with Crippen molar-refractivity contribution in [3.8, 4) is 0 Å². The van der Waals surface area contributed by atoms with Gasteiger partial charge in [0.25, 0.3) is 0 Å². The van der Waals surface area contributed by atoms with Gasteiger partial charge in [-0.3, -0.25) is 4.98 Å². The number of amides is 1. The average molecular weight is 386 g/mol. The molecule has 5 heteroatoms. The van der Waals surface area contributed by atoms with Crippen LogP contribution in [0.3, 0.4) is 0 Å². The van der Waals surface area contributed by atoms with Crippen molar-refractivity contribution in [3.05, 3.63) is 36.0 Å². The van der Waals surface area contributed by atoms with Crippen LogP contribution in [0.5, 0.6) is 0 Å². The molecule has 1 aromatic heterocycles. The second-order valence-electron chi connectivity index (χ2n) is 8.39. The summed E-state index contributed by atoms with van der Waals surface area (Å²) in [6.07, 6.45) is 2.45. The number of carbonyl (C=O) groups is 1. The van der Waals surface area contributed by atoms with E-state index >= 15 is 0 Å². The van der Waals surface area contributed by atoms with Crippen molar-refractivity contribution in [2.75, 3.05) is 18.0 Å². The number of carbonyl (C=O) groups excluding carboxylic acids is 1. The maximum absolute atomic E-state index is 12.2. The maximum atomic E-state index is 12.2. The van der Waals surface area contributed by atoms with E-state index in [2.05, 4.69) is 47.2 Å². The lowest BCUT2D eigenvalue weighted by Gasteiger charge is -2.39. The Hall–Kier alpha value is -2.30. The third-order valence-electron chi connectivity index (χ3n) is 4.67. The number of pyridine rings is 1. The molecule has 1 aromatic carbocycles. The van der Waals surface area contributed by atoms with E-state index in [9.17, 15) is 4.79 Å². The summed E-state index contributed by atoms with van der Waals surface area (Å²) in [7, 11) is 0. The highest BCUT2D eigenvalue weighted by molar-refractivity contribution is 5.93. The number of fused-ring (bicyclic) bond motifs is 1. The normalized spacial score (nSPS) is 19.6. The minimum Gasteiger partial charge on any atom is -0.444 e. The highest BCUT2D eigenvalue weighted by atomic mass is 16.6. The van der Waals surface area contributed by atoms with Crippen LogP contribution in [0.1, 0.15) is 53.5 Å². The predicted molar refractivity (Wildman–Crippen MR) is 117 cm³/mol. The van der Waals surface area contributed by atoms with Crippen molar-refractivity contribution in [1.29, 1.82) is 0 Å². The predicted octanol–water partition coefficient (Wildman–Crippen LogP) is 5.31. The minimum atomic E-state index is -0.483. The summed E-state index contributed by atoms with van der Waals surface area (Å²) in [5, 5.41) is 4.21. The molecule has 2 heterocycles. The molecule has 154 valence electrons. The van der Waals surface area contributed by atoms with Crippen molar-refractivity contribution in [1.82, 2.24) is 10.3 Å². The van der Waals surface area contributed by atoms with Crippen molar-refractivity contribution < 1.29 is 9.53 Å². The first kappa shape index (κ1) is 22.0. The molecular weight excluding hydrogens is 350 g/mol. The fourth-order valence-electron chi connectivity index (χ4n) is 3.70. The molecule has 1 aliphatic rings. The molecule has 2 aromatic rings. The number of piperidine rings is 1. The van der Waals surface area contributed by atoms with Gasteiger partial charge >= 0.3 is 6.09 Å². The Morgan fingerprint density at radius 2 is 1.93 bits per heavy atom. The zero-order valence-corrected chi connectivity index (χ0v) is 18.4. The SMILES string of the molecule is CC.Cc1ccc(N2CC(C)CC(NC(=O)OC(C)(C)C)C2)c2cccnc12. The summed E-state index contributed by atoms with van der Waals surface area (Å²) in [6.45, 7) is 15.7. The second kappa shape index (κ2) is 9.26. The maximum Gasteiger partial charge on any atom is 0.407 e. The summed E-state index contributed by atoms with van der Waals surface area (Å²) < 4.78 is 5.42. The number of rotatable bonds is 2. The van der Waals surface area contributed by atoms with E-state index in [1.54, 1.807) is 0 Å². The number of aryl methyl sites for hydroxylation is 1. The van der Waals surface area contributed by atoms with Crippen LogP contribution in [-0.2, 0) is 4.74 Å². The van der Waals surface area contributed by atoms with Gasteiger partial charge in [-0.05, 0) is 63.8 Å². The molecule has 0 bridgehead atoms. The van der Waals surface area contributed by atoms with Crippen molar-refractivity contribution in [3.63, 3.8) is 0 Å². The van der Waals surface area contributed by atoms with Crippen molar-refractivity contribution in [2.45, 2.75) is 66.5 Å². The first-order valence-electron chi connectivity index (χ1n) is 10.3. The largest absolute Gasteiger partial charge is 0.444 e. The summed E-state index contributed by atoms with van der Waals surface area (Å²) in [6, 6.07) is 8.47. The van der Waals surface area contributed by atoms with Gasteiger partial charge in [-0.15, -0.1) is 0 Å². The summed E-state index contributed by atoms with van der Waals surface area (Å²) in [5.41, 5.74) is 2.92. The molecule has 2 atom stereocenters. The van der Waals surface area contributed by atoms with Gasteiger partial charge in [-0.2, -0.15) is 0 Å². The van der Waals surface area contributed by atoms with E-state index < -0.39 is 5.60 Å². The standard InChI is InChI=1S/C21H29N3O2.C2H6/c1-14-11-16(23-20(25)26-21(3,4)5)13-24(12-14)18-9-8-15(2)19-17(18)7-6-10-22-19;1-2/h6-10,14,16H,11-13H2,1-5H3,(H,23,25);1-2H3. The number of benzene rings is 1. The number of nitrogens with one attached hydrogen (secondary N) is 1. The number of alkyl carbamates (subject to hydrolysis) is 1. The molecule has 0 radical (unpaired) electrons. The Kier molecular flexibility index (Phi) is 7.28. The number of hydrogen-bond acceptors (Lipinski definition) is 4. The lowest BCUT2D eigenvalue weighted by atomic mass is 9.94. The van der Waals surface area contributed by atoms with Crippen molar-refractivity contribution in [2.24, 2.45) is 5.92 Å². The monoisotopic (exact) mass is 385 g/mol. The van der Waals surface area contributed by atoms with Gasteiger partial charge in [-0.25, -0.2) is 4.79 Å². The number of hydrogen-bond donors (Lipinski definition) is 1. The van der Waals surface area contributed by atoms with Gasteiger partial charge in [0.05, 0.1) is 5.52 Å². The van der Waals surface area contributed by atoms with Crippen LogP contribution < -0.4 is 10.2 Å². The van der Waals surface area contributed by atoms with Gasteiger partial charge in [0.15, 0.2) is 0 Å². The summed E-state index contributed by atoms with van der Waals surface area (Å²) in [4.78, 5) is 19.1. The lowest BCUT2D eigenvalue weighted by Crippen LogP contribution is -2.51. The number of nitrogens with zero attached hydrogens (tertiary/aromatic N) is 2. The van der Waals surface area contributed by atoms with Crippen LogP contribution in [0.25, 0.3) is 10.9 Å². The lowest BCUT2D eigenvalue weighted by molar-refractivity contribution is 0.0495. The molecule has 5 nitrogen and oxygen atoms in total. The smallest absolute Gasteiger partial charge is 0.407 e. The van der Waals surface area contributed by atoms with Crippen LogP contribution in [0.4, 0.5) is 10.5 Å². The van der Waals surface area contributed by atoms with E-state index in [1.807, 2.05) is 46.9 Å². The van der Waals surface area contributed by atoms with Crippen LogP contribution in [0.15, 0.2) is 30.5 Å². The van der Waals surface area contributed by atoms with Gasteiger partial charge in [0, 0.05) is 36.4 Å². The van der Waals surface area contributed by atoms with E-state index in [0.29, 0.717) is 5.92 Å². The topological polar surface area (TPSA) is 54.5 Å². The highest BCUT2D eigenvalue weighted by Gasteiger charge is 2.28. The molecule has 1 N–H and O–H groups in total. The fraction of sp³-hybridized carbons (Fsp3) is 0.565. The van der Waals surface area contributed by atoms with Crippen LogP contribution in [0, 0.1) is 12.8 Å². The highest BCUT2D eigenvalue weighted by Crippen LogP contribution is 2.31. The van der Waals surface area contributed by atoms with E-state index in [4.69, 9.17) is 4.74 Å². The molecule has 1 fully saturated rings. The molecule has 1 saturated heterocycles. The van der Waals surface area contributed by atoms with Crippen LogP contribution in [-0.4, -0.2) is 35.8 Å². The molecule has 0 spiro atoms. The Labute approximate surface area is 169 Å². The molecule has 1 aliphatic heterocycles. The third-order valence-corrected chi connectivity index (χ3v) is 4.67. The first-order valence-corrected chi connectivity index (χ1v) is 10.3. The van der Waals surface area contributed by atoms with Gasteiger partial charge in [0.2, 0.25) is 0 Å². The zero-order chi connectivity index (χ0) is 20.9. The van der Waals surface area contributed by atoms with E-state index in [-0.39, 0.29) is 12.1 Å². The number of ether oxygens (including phenoxy) is 1. The molecule has 1 amide bonds. The molecule has 28 heavy (non-hydrogen) atoms. The van der Waals surface area contributed by atoms with Gasteiger partial charge in [0.1, 0.15) is 5.60 Å². The van der Waals surface area contributed by atoms with E-state index in [1.165, 1.54) is 11.3 Å². The van der Waals surface area contributed by atoms with Gasteiger partial charge in [-0.1, -0.05) is 26.8 Å². The molecule has 3 rings (SSSR count). The zero-order valence-electron chi connectivity index (χ0n) is 18.4. The third kappa shape index (κ3) is 5.60. The second-order valence-corrected chi connectivity index (χ2v) is 8.39. The fourth-order valence-corrected chi connectivity index (χ4v) is 3.70. The average Bonchev–Trinajstić information content (AvgIpc) is 2.62. The Balaban J connectivity index is 0.00000136. The Morgan fingerprint density at radius 3 is 2.61 bits per heavy atom. The summed E-state index contributed by atoms with van der Waals surface area (Å²) >= 11 is 0. The molecule has 2 unspecified atom stereocenters. The Bertz CT molecular complexity index is 798. The Morgan fingerprint density at radius 1 is 1.21 bits per heavy atom. The number of aromatic nitrogens is 1. The molecule has 0 aliphatic carbocycles. The minimum absolute atomic E-state index is 0.0709. The van der Waals surface area contributed by atoms with Gasteiger partial charge < -0.3 is 15.0 Å². The van der Waals surface area contributed by atoms with E-state index in [0.717, 1.165) is 30.4 Å².